The predicted octanol–water partition coefficient (Wildman–Crippen LogP) is 5.76. The van der Waals surface area contributed by atoms with E-state index in [2.05, 4.69) is 5.32 Å². The summed E-state index contributed by atoms with van der Waals surface area (Å²) in [5, 5.41) is 3.02. The van der Waals surface area contributed by atoms with Crippen LogP contribution in [0.4, 0.5) is 4.39 Å². The second-order valence-corrected chi connectivity index (χ2v) is 8.83. The summed E-state index contributed by atoms with van der Waals surface area (Å²) in [7, 11) is 0. The Kier molecular flexibility index (Phi) is 8.24. The monoisotopic (exact) mass is 480 g/mol. The molecule has 0 heterocycles. The lowest BCUT2D eigenvalue weighted by atomic mass is 10.0. The molecular formula is C31H29FN2O2. The summed E-state index contributed by atoms with van der Waals surface area (Å²) >= 11 is 0. The van der Waals surface area contributed by atoms with Gasteiger partial charge in [-0.3, -0.25) is 9.59 Å². The molecule has 182 valence electrons. The van der Waals surface area contributed by atoms with Gasteiger partial charge in [0.05, 0.1) is 6.42 Å². The first-order chi connectivity index (χ1) is 17.5. The number of carbonyl (C=O) groups excluding carboxylic acids is 2. The quantitative estimate of drug-likeness (QED) is 0.331. The van der Waals surface area contributed by atoms with Crippen molar-refractivity contribution >= 4 is 11.8 Å². The maximum Gasteiger partial charge on any atom is 0.247 e. The first-order valence-electron chi connectivity index (χ1n) is 12.0. The summed E-state index contributed by atoms with van der Waals surface area (Å²) in [6, 6.07) is 31.9. The first kappa shape index (κ1) is 24.9. The zero-order valence-electron chi connectivity index (χ0n) is 20.2. The van der Waals surface area contributed by atoms with Gasteiger partial charge in [0.15, 0.2) is 0 Å². The SMILES string of the molecule is Cc1ccc(CNC(=O)C(c2ccccc2)N(Cc2ccc(F)cc2)C(=O)Cc2ccccc2)cc1. The van der Waals surface area contributed by atoms with E-state index < -0.39 is 6.04 Å². The first-order valence-corrected chi connectivity index (χ1v) is 12.0. The van der Waals surface area contributed by atoms with Gasteiger partial charge in [0.2, 0.25) is 11.8 Å². The van der Waals surface area contributed by atoms with Gasteiger partial charge in [-0.1, -0.05) is 103 Å². The van der Waals surface area contributed by atoms with Gasteiger partial charge in [0, 0.05) is 13.1 Å². The van der Waals surface area contributed by atoms with Crippen molar-refractivity contribution in [3.63, 3.8) is 0 Å². The Balaban J connectivity index is 1.66. The highest BCUT2D eigenvalue weighted by molar-refractivity contribution is 5.89. The van der Waals surface area contributed by atoms with Crippen LogP contribution in [0.1, 0.15) is 33.9 Å². The van der Waals surface area contributed by atoms with E-state index in [1.54, 1.807) is 17.0 Å². The number of amides is 2. The Morgan fingerprint density at radius 2 is 1.33 bits per heavy atom. The number of nitrogens with zero attached hydrogens (tertiary/aromatic N) is 1. The van der Waals surface area contributed by atoms with Crippen LogP contribution in [-0.2, 0) is 29.1 Å². The van der Waals surface area contributed by atoms with E-state index in [-0.39, 0.29) is 30.6 Å². The number of aryl methyl sites for hydroxylation is 1. The largest absolute Gasteiger partial charge is 0.350 e. The van der Waals surface area contributed by atoms with Crippen molar-refractivity contribution in [3.05, 3.63) is 143 Å². The van der Waals surface area contributed by atoms with Crippen molar-refractivity contribution in [1.29, 1.82) is 0 Å². The Morgan fingerprint density at radius 3 is 1.97 bits per heavy atom. The van der Waals surface area contributed by atoms with Crippen LogP contribution in [0, 0.1) is 12.7 Å². The van der Waals surface area contributed by atoms with Crippen molar-refractivity contribution in [2.24, 2.45) is 0 Å². The lowest BCUT2D eigenvalue weighted by Crippen LogP contribution is -2.43. The summed E-state index contributed by atoms with van der Waals surface area (Å²) in [5.41, 5.74) is 4.43. The van der Waals surface area contributed by atoms with Crippen molar-refractivity contribution < 1.29 is 14.0 Å². The minimum atomic E-state index is -0.849. The average Bonchev–Trinajstić information content (AvgIpc) is 2.90. The van der Waals surface area contributed by atoms with E-state index in [1.807, 2.05) is 91.9 Å². The molecule has 0 aromatic heterocycles. The summed E-state index contributed by atoms with van der Waals surface area (Å²) in [5.74, 6) is -0.813. The van der Waals surface area contributed by atoms with E-state index >= 15 is 0 Å². The molecule has 1 atom stereocenters. The predicted molar refractivity (Wildman–Crippen MR) is 139 cm³/mol. The fourth-order valence-electron chi connectivity index (χ4n) is 4.08. The van der Waals surface area contributed by atoms with Gasteiger partial charge in [-0.25, -0.2) is 4.39 Å². The van der Waals surface area contributed by atoms with E-state index in [9.17, 15) is 14.0 Å². The minimum Gasteiger partial charge on any atom is -0.350 e. The number of carbonyl (C=O) groups is 2. The highest BCUT2D eigenvalue weighted by Gasteiger charge is 2.31. The van der Waals surface area contributed by atoms with Crippen LogP contribution < -0.4 is 5.32 Å². The minimum absolute atomic E-state index is 0.149. The highest BCUT2D eigenvalue weighted by atomic mass is 19.1. The van der Waals surface area contributed by atoms with Crippen molar-refractivity contribution in [2.75, 3.05) is 0 Å². The number of hydrogen-bond donors (Lipinski definition) is 1. The second-order valence-electron chi connectivity index (χ2n) is 8.83. The van der Waals surface area contributed by atoms with Gasteiger partial charge in [0.25, 0.3) is 0 Å². The molecule has 1 N–H and O–H groups in total. The van der Waals surface area contributed by atoms with Crippen molar-refractivity contribution in [3.8, 4) is 0 Å². The van der Waals surface area contributed by atoms with Gasteiger partial charge >= 0.3 is 0 Å². The molecule has 0 spiro atoms. The molecule has 4 nitrogen and oxygen atoms in total. The maximum atomic E-state index is 13.7. The van der Waals surface area contributed by atoms with Crippen LogP contribution in [0.25, 0.3) is 0 Å². The Bertz CT molecular complexity index is 1270. The van der Waals surface area contributed by atoms with Crippen LogP contribution in [0.3, 0.4) is 0 Å². The number of rotatable bonds is 9. The molecule has 36 heavy (non-hydrogen) atoms. The summed E-state index contributed by atoms with van der Waals surface area (Å²) < 4.78 is 13.6. The van der Waals surface area contributed by atoms with E-state index in [0.717, 1.165) is 22.3 Å². The van der Waals surface area contributed by atoms with Gasteiger partial charge in [0.1, 0.15) is 11.9 Å². The molecular weight excluding hydrogens is 451 g/mol. The second kappa shape index (κ2) is 11.9. The number of halogens is 1. The lowest BCUT2D eigenvalue weighted by Gasteiger charge is -2.32. The number of benzene rings is 4. The van der Waals surface area contributed by atoms with Gasteiger partial charge in [-0.2, -0.15) is 0 Å². The van der Waals surface area contributed by atoms with Crippen LogP contribution >= 0.6 is 0 Å². The summed E-state index contributed by atoms with van der Waals surface area (Å²) in [4.78, 5) is 28.9. The third kappa shape index (κ3) is 6.66. The highest BCUT2D eigenvalue weighted by Crippen LogP contribution is 2.25. The van der Waals surface area contributed by atoms with Crippen molar-refractivity contribution in [1.82, 2.24) is 10.2 Å². The molecule has 0 bridgehead atoms. The van der Waals surface area contributed by atoms with Gasteiger partial charge < -0.3 is 10.2 Å². The third-order valence-corrected chi connectivity index (χ3v) is 6.05. The molecule has 0 saturated carbocycles. The van der Waals surface area contributed by atoms with E-state index in [0.29, 0.717) is 12.1 Å². The molecule has 5 heteroatoms. The molecule has 0 radical (unpaired) electrons. The number of nitrogens with one attached hydrogen (secondary N) is 1. The molecule has 4 aromatic rings. The topological polar surface area (TPSA) is 49.4 Å². The van der Waals surface area contributed by atoms with Crippen LogP contribution in [0.2, 0.25) is 0 Å². The zero-order chi connectivity index (χ0) is 25.3. The fourth-order valence-corrected chi connectivity index (χ4v) is 4.08. The average molecular weight is 481 g/mol. The third-order valence-electron chi connectivity index (χ3n) is 6.05. The summed E-state index contributed by atoms with van der Waals surface area (Å²) in [6.07, 6.45) is 0.149. The molecule has 0 aliphatic heterocycles. The van der Waals surface area contributed by atoms with Crippen LogP contribution in [-0.4, -0.2) is 16.7 Å². The Labute approximate surface area is 211 Å². The summed E-state index contributed by atoms with van der Waals surface area (Å²) in [6.45, 7) is 2.53. The molecule has 4 aromatic carbocycles. The lowest BCUT2D eigenvalue weighted by molar-refractivity contribution is -0.141. The molecule has 0 fully saturated rings. The molecule has 4 rings (SSSR count). The number of hydrogen-bond acceptors (Lipinski definition) is 2. The van der Waals surface area contributed by atoms with Gasteiger partial charge in [-0.15, -0.1) is 0 Å². The fraction of sp³-hybridized carbons (Fsp3) is 0.161. The zero-order valence-corrected chi connectivity index (χ0v) is 20.2. The van der Waals surface area contributed by atoms with E-state index in [4.69, 9.17) is 0 Å². The maximum absolute atomic E-state index is 13.7. The smallest absolute Gasteiger partial charge is 0.247 e. The van der Waals surface area contributed by atoms with Crippen molar-refractivity contribution in [2.45, 2.75) is 32.5 Å². The molecule has 1 unspecified atom stereocenters. The molecule has 2 amide bonds. The van der Waals surface area contributed by atoms with Crippen LogP contribution in [0.15, 0.2) is 109 Å². The van der Waals surface area contributed by atoms with Gasteiger partial charge in [-0.05, 0) is 41.3 Å². The normalized spacial score (nSPS) is 11.5. The molecule has 0 saturated heterocycles. The van der Waals surface area contributed by atoms with E-state index in [1.165, 1.54) is 12.1 Å². The Morgan fingerprint density at radius 1 is 0.750 bits per heavy atom. The standard InChI is InChI=1S/C31H29FN2O2/c1-23-12-14-25(15-13-23)21-33-31(36)30(27-10-6-3-7-11-27)34(22-26-16-18-28(32)19-17-26)29(35)20-24-8-4-2-5-9-24/h2-19,30H,20-22H2,1H3,(H,33,36). The Hall–Kier alpha value is -4.25. The molecule has 0 aliphatic rings. The molecule has 0 aliphatic carbocycles. The van der Waals surface area contributed by atoms with Crippen LogP contribution in [0.5, 0.6) is 0 Å².